The van der Waals surface area contributed by atoms with E-state index in [0.717, 1.165) is 23.0 Å². The molecule has 3 rings (SSSR count). The fourth-order valence-corrected chi connectivity index (χ4v) is 2.45. The summed E-state index contributed by atoms with van der Waals surface area (Å²) in [6.07, 6.45) is 2.08. The zero-order valence-corrected chi connectivity index (χ0v) is 11.8. The number of carbonyl (C=O) groups excluding carboxylic acids is 1. The summed E-state index contributed by atoms with van der Waals surface area (Å²) < 4.78 is 2.21. The number of benzene rings is 2. The van der Waals surface area contributed by atoms with E-state index in [9.17, 15) is 4.79 Å². The van der Waals surface area contributed by atoms with Crippen molar-refractivity contribution in [2.75, 3.05) is 0 Å². The van der Waals surface area contributed by atoms with Crippen LogP contribution in [0, 0.1) is 6.92 Å². The van der Waals surface area contributed by atoms with E-state index >= 15 is 0 Å². The van der Waals surface area contributed by atoms with Gasteiger partial charge in [0, 0.05) is 29.2 Å². The predicted octanol–water partition coefficient (Wildman–Crippen LogP) is 4.20. The SMILES string of the molecule is CC(=O)c1ccc2c(ccn2Cc2ccc(C)cc2)c1. The Balaban J connectivity index is 1.96. The van der Waals surface area contributed by atoms with Crippen LogP contribution in [0.2, 0.25) is 0 Å². The number of fused-ring (bicyclic) bond motifs is 1. The number of hydrogen-bond donors (Lipinski definition) is 0. The van der Waals surface area contributed by atoms with Crippen molar-refractivity contribution in [2.24, 2.45) is 0 Å². The van der Waals surface area contributed by atoms with E-state index in [0.29, 0.717) is 0 Å². The smallest absolute Gasteiger partial charge is 0.159 e. The third-order valence-electron chi connectivity index (χ3n) is 3.65. The number of aromatic nitrogens is 1. The molecule has 1 aromatic heterocycles. The fraction of sp³-hybridized carbons (Fsp3) is 0.167. The highest BCUT2D eigenvalue weighted by molar-refractivity contribution is 5.98. The summed E-state index contributed by atoms with van der Waals surface area (Å²) in [7, 11) is 0. The van der Waals surface area contributed by atoms with Gasteiger partial charge >= 0.3 is 0 Å². The lowest BCUT2D eigenvalue weighted by Gasteiger charge is -2.06. The van der Waals surface area contributed by atoms with E-state index in [1.165, 1.54) is 11.1 Å². The molecule has 1 heterocycles. The molecule has 3 aromatic rings. The second-order valence-corrected chi connectivity index (χ2v) is 5.26. The lowest BCUT2D eigenvalue weighted by molar-refractivity contribution is 0.101. The van der Waals surface area contributed by atoms with E-state index in [2.05, 4.69) is 48.0 Å². The van der Waals surface area contributed by atoms with Gasteiger partial charge in [0.05, 0.1) is 0 Å². The minimum atomic E-state index is 0.109. The van der Waals surface area contributed by atoms with Gasteiger partial charge in [-0.25, -0.2) is 0 Å². The molecule has 0 amide bonds. The third-order valence-corrected chi connectivity index (χ3v) is 3.65. The first-order valence-corrected chi connectivity index (χ1v) is 6.79. The Morgan fingerprint density at radius 1 is 1.05 bits per heavy atom. The Hall–Kier alpha value is -2.35. The molecule has 0 unspecified atom stereocenters. The van der Waals surface area contributed by atoms with E-state index in [-0.39, 0.29) is 5.78 Å². The molecule has 0 bridgehead atoms. The standard InChI is InChI=1S/C18H17NO/c1-13-3-5-15(6-4-13)12-19-10-9-17-11-16(14(2)20)7-8-18(17)19/h3-11H,12H2,1-2H3. The summed E-state index contributed by atoms with van der Waals surface area (Å²) in [6.45, 7) is 4.55. The summed E-state index contributed by atoms with van der Waals surface area (Å²) in [4.78, 5) is 11.4. The Morgan fingerprint density at radius 3 is 2.50 bits per heavy atom. The van der Waals surface area contributed by atoms with Gasteiger partial charge in [-0.15, -0.1) is 0 Å². The highest BCUT2D eigenvalue weighted by atomic mass is 16.1. The maximum atomic E-state index is 11.4. The summed E-state index contributed by atoms with van der Waals surface area (Å²) in [5, 5.41) is 1.12. The number of hydrogen-bond acceptors (Lipinski definition) is 1. The van der Waals surface area contributed by atoms with E-state index in [1.54, 1.807) is 6.92 Å². The molecule has 0 radical (unpaired) electrons. The molecular weight excluding hydrogens is 246 g/mol. The maximum Gasteiger partial charge on any atom is 0.159 e. The van der Waals surface area contributed by atoms with E-state index in [4.69, 9.17) is 0 Å². The second kappa shape index (κ2) is 4.97. The van der Waals surface area contributed by atoms with Gasteiger partial charge in [0.2, 0.25) is 0 Å². The quantitative estimate of drug-likeness (QED) is 0.649. The lowest BCUT2D eigenvalue weighted by Crippen LogP contribution is -1.98. The first kappa shape index (κ1) is 12.7. The molecule has 0 fully saturated rings. The zero-order chi connectivity index (χ0) is 14.1. The molecule has 0 N–H and O–H groups in total. The van der Waals surface area contributed by atoms with Crippen molar-refractivity contribution in [3.8, 4) is 0 Å². The normalized spacial score (nSPS) is 10.9. The van der Waals surface area contributed by atoms with Crippen LogP contribution in [-0.4, -0.2) is 10.4 Å². The minimum Gasteiger partial charge on any atom is -0.343 e. The van der Waals surface area contributed by atoms with Gasteiger partial charge in [-0.3, -0.25) is 4.79 Å². The van der Waals surface area contributed by atoms with Crippen molar-refractivity contribution < 1.29 is 4.79 Å². The van der Waals surface area contributed by atoms with Crippen molar-refractivity contribution in [1.82, 2.24) is 4.57 Å². The molecule has 100 valence electrons. The fourth-order valence-electron chi connectivity index (χ4n) is 2.45. The van der Waals surface area contributed by atoms with Gasteiger partial charge in [0.1, 0.15) is 0 Å². The number of nitrogens with zero attached hydrogens (tertiary/aromatic N) is 1. The number of ketones is 1. The van der Waals surface area contributed by atoms with E-state index in [1.807, 2.05) is 18.2 Å². The van der Waals surface area contributed by atoms with Crippen LogP contribution < -0.4 is 0 Å². The summed E-state index contributed by atoms with van der Waals surface area (Å²) >= 11 is 0. The van der Waals surface area contributed by atoms with Crippen LogP contribution in [0.25, 0.3) is 10.9 Å². The highest BCUT2D eigenvalue weighted by Gasteiger charge is 2.05. The molecule has 0 aliphatic carbocycles. The molecule has 0 atom stereocenters. The molecule has 20 heavy (non-hydrogen) atoms. The van der Waals surface area contributed by atoms with Gasteiger partial charge < -0.3 is 4.57 Å². The molecule has 2 aromatic carbocycles. The molecule has 0 aliphatic rings. The first-order chi connectivity index (χ1) is 9.63. The topological polar surface area (TPSA) is 22.0 Å². The summed E-state index contributed by atoms with van der Waals surface area (Å²) in [6, 6.07) is 16.5. The lowest BCUT2D eigenvalue weighted by atomic mass is 10.1. The van der Waals surface area contributed by atoms with Crippen LogP contribution >= 0.6 is 0 Å². The molecule has 2 heteroatoms. The van der Waals surface area contributed by atoms with Gasteiger partial charge in [-0.1, -0.05) is 29.8 Å². The molecule has 0 saturated heterocycles. The van der Waals surface area contributed by atoms with Crippen molar-refractivity contribution >= 4 is 16.7 Å². The van der Waals surface area contributed by atoms with Gasteiger partial charge in [0.25, 0.3) is 0 Å². The van der Waals surface area contributed by atoms with Gasteiger partial charge in [0.15, 0.2) is 5.78 Å². The number of rotatable bonds is 3. The monoisotopic (exact) mass is 263 g/mol. The van der Waals surface area contributed by atoms with Crippen LogP contribution in [0.5, 0.6) is 0 Å². The maximum absolute atomic E-state index is 11.4. The van der Waals surface area contributed by atoms with Gasteiger partial charge in [-0.2, -0.15) is 0 Å². The Labute approximate surface area is 118 Å². The van der Waals surface area contributed by atoms with Crippen LogP contribution in [0.15, 0.2) is 54.7 Å². The Bertz CT molecular complexity index is 766. The van der Waals surface area contributed by atoms with Crippen LogP contribution in [0.1, 0.15) is 28.4 Å². The minimum absolute atomic E-state index is 0.109. The molecular formula is C18H17NO. The van der Waals surface area contributed by atoms with Crippen LogP contribution in [0.4, 0.5) is 0 Å². The summed E-state index contributed by atoms with van der Waals surface area (Å²) in [5.74, 6) is 0.109. The van der Waals surface area contributed by atoms with Crippen molar-refractivity contribution in [3.05, 3.63) is 71.4 Å². The molecule has 0 aliphatic heterocycles. The van der Waals surface area contributed by atoms with Crippen LogP contribution in [-0.2, 0) is 6.54 Å². The number of aryl methyl sites for hydroxylation is 1. The highest BCUT2D eigenvalue weighted by Crippen LogP contribution is 2.19. The predicted molar refractivity (Wildman–Crippen MR) is 82.2 cm³/mol. The molecule has 0 saturated carbocycles. The number of Topliss-reactive ketones (excluding diaryl/α,β-unsaturated/α-hetero) is 1. The number of carbonyl (C=O) groups is 1. The summed E-state index contributed by atoms with van der Waals surface area (Å²) in [5.41, 5.74) is 4.49. The molecule has 2 nitrogen and oxygen atoms in total. The second-order valence-electron chi connectivity index (χ2n) is 5.26. The van der Waals surface area contributed by atoms with Gasteiger partial charge in [-0.05, 0) is 43.7 Å². The van der Waals surface area contributed by atoms with E-state index < -0.39 is 0 Å². The Morgan fingerprint density at radius 2 is 1.80 bits per heavy atom. The first-order valence-electron chi connectivity index (χ1n) is 6.79. The third kappa shape index (κ3) is 2.37. The van der Waals surface area contributed by atoms with Crippen molar-refractivity contribution in [1.29, 1.82) is 0 Å². The molecule has 0 spiro atoms. The zero-order valence-electron chi connectivity index (χ0n) is 11.8. The van der Waals surface area contributed by atoms with Crippen LogP contribution in [0.3, 0.4) is 0 Å². The Kier molecular flexibility index (Phi) is 3.15. The average Bonchev–Trinajstić information content (AvgIpc) is 2.84. The largest absolute Gasteiger partial charge is 0.343 e. The van der Waals surface area contributed by atoms with Crippen molar-refractivity contribution in [2.45, 2.75) is 20.4 Å². The van der Waals surface area contributed by atoms with Crippen molar-refractivity contribution in [3.63, 3.8) is 0 Å². The average molecular weight is 263 g/mol.